The normalized spacial score (nSPS) is 11.2. The number of carbonyl (C=O) groups excluding carboxylic acids is 1. The van der Waals surface area contributed by atoms with E-state index in [4.69, 9.17) is 21.4 Å². The van der Waals surface area contributed by atoms with Gasteiger partial charge in [0.1, 0.15) is 5.75 Å². The molecule has 0 aromatic heterocycles. The van der Waals surface area contributed by atoms with E-state index in [1.165, 1.54) is 25.3 Å². The zero-order valence-electron chi connectivity index (χ0n) is 14.0. The molecule has 0 unspecified atom stereocenters. The molecule has 0 heterocycles. The van der Waals surface area contributed by atoms with E-state index in [1.54, 1.807) is 24.3 Å². The van der Waals surface area contributed by atoms with Crippen molar-refractivity contribution in [3.05, 3.63) is 53.1 Å². The van der Waals surface area contributed by atoms with Gasteiger partial charge in [0.15, 0.2) is 0 Å². The Morgan fingerprint density at radius 2 is 1.88 bits per heavy atom. The highest BCUT2D eigenvalue weighted by Gasteiger charge is 2.17. The fourth-order valence-corrected chi connectivity index (χ4v) is 3.34. The molecule has 7 nitrogen and oxygen atoms in total. The molecule has 0 spiro atoms. The molecular weight excluding hydrogens is 380 g/mol. The SMILES string of the molecule is COc1ccc(S(=O)(=O)NCCCO)cc1NC(=O)c1ccc(Cl)cc1. The van der Waals surface area contributed by atoms with Crippen LogP contribution in [0.15, 0.2) is 47.4 Å². The standard InChI is InChI=1S/C17H19ClN2O5S/c1-25-16-8-7-14(26(23,24)19-9-2-10-21)11-15(16)20-17(22)12-3-5-13(18)6-4-12/h3-8,11,19,21H,2,9-10H2,1H3,(H,20,22). The lowest BCUT2D eigenvalue weighted by Crippen LogP contribution is -2.25. The first kappa shape index (κ1) is 20.2. The van der Waals surface area contributed by atoms with Crippen molar-refractivity contribution in [1.29, 1.82) is 0 Å². The molecule has 0 fully saturated rings. The zero-order valence-corrected chi connectivity index (χ0v) is 15.6. The summed E-state index contributed by atoms with van der Waals surface area (Å²) < 4.78 is 32.1. The van der Waals surface area contributed by atoms with Gasteiger partial charge in [-0.15, -0.1) is 0 Å². The van der Waals surface area contributed by atoms with Crippen molar-refractivity contribution >= 4 is 33.2 Å². The number of aliphatic hydroxyl groups is 1. The summed E-state index contributed by atoms with van der Waals surface area (Å²) in [6, 6.07) is 10.4. The molecule has 9 heteroatoms. The largest absolute Gasteiger partial charge is 0.495 e. The molecule has 0 aliphatic carbocycles. The van der Waals surface area contributed by atoms with E-state index in [-0.39, 0.29) is 23.7 Å². The highest BCUT2D eigenvalue weighted by molar-refractivity contribution is 7.89. The fourth-order valence-electron chi connectivity index (χ4n) is 2.12. The molecule has 0 aliphatic rings. The van der Waals surface area contributed by atoms with Crippen LogP contribution in [0.5, 0.6) is 5.75 Å². The summed E-state index contributed by atoms with van der Waals surface area (Å²) in [6.07, 6.45) is 0.301. The number of hydrogen-bond donors (Lipinski definition) is 3. The van der Waals surface area contributed by atoms with Gasteiger partial charge in [-0.3, -0.25) is 4.79 Å². The van der Waals surface area contributed by atoms with Crippen molar-refractivity contribution in [1.82, 2.24) is 4.72 Å². The minimum absolute atomic E-state index is 0.0253. The molecule has 2 rings (SSSR count). The van der Waals surface area contributed by atoms with Gasteiger partial charge in [0.2, 0.25) is 10.0 Å². The number of hydrogen-bond acceptors (Lipinski definition) is 5. The summed E-state index contributed by atoms with van der Waals surface area (Å²) in [5.41, 5.74) is 0.586. The molecule has 0 aliphatic heterocycles. The van der Waals surface area contributed by atoms with E-state index >= 15 is 0 Å². The van der Waals surface area contributed by atoms with Gasteiger partial charge < -0.3 is 15.2 Å². The van der Waals surface area contributed by atoms with Crippen molar-refractivity contribution in [2.75, 3.05) is 25.6 Å². The molecule has 0 saturated carbocycles. The van der Waals surface area contributed by atoms with Gasteiger partial charge in [-0.1, -0.05) is 11.6 Å². The summed E-state index contributed by atoms with van der Waals surface area (Å²) in [5, 5.41) is 11.9. The number of nitrogens with one attached hydrogen (secondary N) is 2. The van der Waals surface area contributed by atoms with Crippen molar-refractivity contribution < 1.29 is 23.1 Å². The minimum atomic E-state index is -3.77. The number of sulfonamides is 1. The zero-order chi connectivity index (χ0) is 19.2. The van der Waals surface area contributed by atoms with Gasteiger partial charge in [0.05, 0.1) is 17.7 Å². The van der Waals surface area contributed by atoms with Gasteiger partial charge >= 0.3 is 0 Å². The van der Waals surface area contributed by atoms with Crippen molar-refractivity contribution in [3.63, 3.8) is 0 Å². The maximum atomic E-state index is 12.4. The predicted molar refractivity (Wildman–Crippen MR) is 99.3 cm³/mol. The van der Waals surface area contributed by atoms with Crippen LogP contribution in [0, 0.1) is 0 Å². The second-order valence-electron chi connectivity index (χ2n) is 5.30. The molecule has 140 valence electrons. The van der Waals surface area contributed by atoms with Crippen LogP contribution in [-0.4, -0.2) is 39.7 Å². The third kappa shape index (κ3) is 5.18. The number of ether oxygens (including phenoxy) is 1. The second-order valence-corrected chi connectivity index (χ2v) is 7.50. The smallest absolute Gasteiger partial charge is 0.255 e. The third-order valence-corrected chi connectivity index (χ3v) is 5.17. The highest BCUT2D eigenvalue weighted by atomic mass is 35.5. The molecule has 0 atom stereocenters. The number of amides is 1. The Morgan fingerprint density at radius 1 is 1.19 bits per heavy atom. The van der Waals surface area contributed by atoms with E-state index in [1.807, 2.05) is 0 Å². The number of aliphatic hydroxyl groups excluding tert-OH is 1. The van der Waals surface area contributed by atoms with E-state index in [0.717, 1.165) is 0 Å². The lowest BCUT2D eigenvalue weighted by atomic mass is 10.2. The third-order valence-electron chi connectivity index (χ3n) is 3.46. The molecule has 1 amide bonds. The molecular formula is C17H19ClN2O5S. The van der Waals surface area contributed by atoms with Crippen LogP contribution in [0.25, 0.3) is 0 Å². The van der Waals surface area contributed by atoms with Crippen LogP contribution < -0.4 is 14.8 Å². The first-order valence-corrected chi connectivity index (χ1v) is 9.59. The number of anilines is 1. The van der Waals surface area contributed by atoms with Gasteiger partial charge in [-0.2, -0.15) is 0 Å². The van der Waals surface area contributed by atoms with E-state index in [2.05, 4.69) is 10.0 Å². The van der Waals surface area contributed by atoms with Crippen LogP contribution in [0.2, 0.25) is 5.02 Å². The highest BCUT2D eigenvalue weighted by Crippen LogP contribution is 2.28. The molecule has 0 bridgehead atoms. The summed E-state index contributed by atoms with van der Waals surface area (Å²) >= 11 is 5.81. The van der Waals surface area contributed by atoms with Crippen molar-refractivity contribution in [2.45, 2.75) is 11.3 Å². The minimum Gasteiger partial charge on any atom is -0.495 e. The number of carbonyl (C=O) groups is 1. The Morgan fingerprint density at radius 3 is 2.50 bits per heavy atom. The van der Waals surface area contributed by atoms with Gasteiger partial charge in [0.25, 0.3) is 5.91 Å². The van der Waals surface area contributed by atoms with E-state index < -0.39 is 15.9 Å². The molecule has 0 saturated heterocycles. The topological polar surface area (TPSA) is 105 Å². The van der Waals surface area contributed by atoms with Crippen LogP contribution in [0.4, 0.5) is 5.69 Å². The predicted octanol–water partition coefficient (Wildman–Crippen LogP) is 2.26. The summed E-state index contributed by atoms with van der Waals surface area (Å²) in [5.74, 6) is -0.107. The monoisotopic (exact) mass is 398 g/mol. The molecule has 2 aromatic carbocycles. The second kappa shape index (κ2) is 9.00. The Labute approximate surface area is 157 Å². The molecule has 0 radical (unpaired) electrons. The molecule has 2 aromatic rings. The van der Waals surface area contributed by atoms with Crippen LogP contribution in [0.1, 0.15) is 16.8 Å². The van der Waals surface area contributed by atoms with Gasteiger partial charge in [-0.25, -0.2) is 13.1 Å². The Balaban J connectivity index is 2.26. The first-order valence-electron chi connectivity index (χ1n) is 7.73. The van der Waals surface area contributed by atoms with Gasteiger partial charge in [0, 0.05) is 23.7 Å². The summed E-state index contributed by atoms with van der Waals surface area (Å²) in [7, 11) is -2.35. The van der Waals surface area contributed by atoms with Crippen LogP contribution in [0.3, 0.4) is 0 Å². The number of benzene rings is 2. The summed E-state index contributed by atoms with van der Waals surface area (Å²) in [6.45, 7) is -0.00907. The lowest BCUT2D eigenvalue weighted by molar-refractivity contribution is 0.102. The quantitative estimate of drug-likeness (QED) is 0.591. The fraction of sp³-hybridized carbons (Fsp3) is 0.235. The van der Waals surface area contributed by atoms with Crippen molar-refractivity contribution in [3.8, 4) is 5.75 Å². The molecule has 26 heavy (non-hydrogen) atoms. The van der Waals surface area contributed by atoms with Crippen LogP contribution in [-0.2, 0) is 10.0 Å². The Kier molecular flexibility index (Phi) is 6.98. The Bertz CT molecular complexity index is 869. The lowest BCUT2D eigenvalue weighted by Gasteiger charge is -2.13. The average Bonchev–Trinajstić information content (AvgIpc) is 2.62. The average molecular weight is 399 g/mol. The van der Waals surface area contributed by atoms with Gasteiger partial charge in [-0.05, 0) is 48.9 Å². The number of methoxy groups -OCH3 is 1. The van der Waals surface area contributed by atoms with Crippen molar-refractivity contribution in [2.24, 2.45) is 0 Å². The summed E-state index contributed by atoms with van der Waals surface area (Å²) in [4.78, 5) is 12.3. The Hall–Kier alpha value is -2.13. The van der Waals surface area contributed by atoms with E-state index in [9.17, 15) is 13.2 Å². The number of halogens is 1. The first-order chi connectivity index (χ1) is 12.4. The maximum absolute atomic E-state index is 12.4. The number of rotatable bonds is 8. The molecule has 3 N–H and O–H groups in total. The maximum Gasteiger partial charge on any atom is 0.255 e. The van der Waals surface area contributed by atoms with E-state index in [0.29, 0.717) is 22.8 Å². The van der Waals surface area contributed by atoms with Crippen LogP contribution >= 0.6 is 11.6 Å².